The maximum Gasteiger partial charge on any atom is 0.233 e. The van der Waals surface area contributed by atoms with Crippen molar-refractivity contribution in [2.45, 2.75) is 50.4 Å². The number of para-hydroxylation sites is 1. The molecule has 0 bridgehead atoms. The highest BCUT2D eigenvalue weighted by molar-refractivity contribution is 7.99. The molecule has 1 amide bonds. The molecule has 0 N–H and O–H groups in total. The van der Waals surface area contributed by atoms with E-state index < -0.39 is 0 Å². The second-order valence-corrected chi connectivity index (χ2v) is 8.92. The fourth-order valence-electron chi connectivity index (χ4n) is 3.38. The zero-order chi connectivity index (χ0) is 19.5. The summed E-state index contributed by atoms with van der Waals surface area (Å²) in [6.07, 6.45) is 4.42. The zero-order valence-corrected chi connectivity index (χ0v) is 17.6. The predicted octanol–water partition coefficient (Wildman–Crippen LogP) is 4.20. The van der Waals surface area contributed by atoms with E-state index >= 15 is 0 Å². The van der Waals surface area contributed by atoms with Gasteiger partial charge in [-0.3, -0.25) is 9.36 Å². The Morgan fingerprint density at radius 3 is 2.68 bits per heavy atom. The standard InChI is InChI=1S/C20H25ClN4O2S/c1-14-8-10-24(11-9-14)19(26)13-28-20-23-22-18(25(20)15-6-7-15)12-27-17-5-3-2-4-16(17)21/h2-5,14-15H,6-13H2,1H3. The van der Waals surface area contributed by atoms with Crippen molar-refractivity contribution in [2.24, 2.45) is 5.92 Å². The average Bonchev–Trinajstić information content (AvgIpc) is 3.46. The van der Waals surface area contributed by atoms with Gasteiger partial charge in [0.2, 0.25) is 5.91 Å². The molecule has 1 aliphatic heterocycles. The molecule has 150 valence electrons. The number of nitrogens with zero attached hydrogens (tertiary/aromatic N) is 4. The molecule has 2 aromatic rings. The molecule has 8 heteroatoms. The summed E-state index contributed by atoms with van der Waals surface area (Å²) in [5, 5.41) is 10.0. The van der Waals surface area contributed by atoms with Crippen LogP contribution in [-0.2, 0) is 11.4 Å². The van der Waals surface area contributed by atoms with Crippen LogP contribution in [0.15, 0.2) is 29.4 Å². The van der Waals surface area contributed by atoms with Gasteiger partial charge < -0.3 is 9.64 Å². The third-order valence-corrected chi connectivity index (χ3v) is 6.54. The highest BCUT2D eigenvalue weighted by Gasteiger charge is 2.30. The molecular formula is C20H25ClN4O2S. The number of piperidine rings is 1. The summed E-state index contributed by atoms with van der Waals surface area (Å²) in [4.78, 5) is 14.5. The SMILES string of the molecule is CC1CCN(C(=O)CSc2nnc(COc3ccccc3Cl)n2C2CC2)CC1. The van der Waals surface area contributed by atoms with Crippen molar-refractivity contribution in [1.82, 2.24) is 19.7 Å². The Bertz CT molecular complexity index is 831. The predicted molar refractivity (Wildman–Crippen MR) is 110 cm³/mol. The van der Waals surface area contributed by atoms with Gasteiger partial charge in [-0.1, -0.05) is 42.4 Å². The molecule has 2 aliphatic rings. The van der Waals surface area contributed by atoms with Crippen molar-refractivity contribution in [1.29, 1.82) is 0 Å². The summed E-state index contributed by atoms with van der Waals surface area (Å²) >= 11 is 7.64. The molecule has 28 heavy (non-hydrogen) atoms. The van der Waals surface area contributed by atoms with Crippen LogP contribution >= 0.6 is 23.4 Å². The summed E-state index contributed by atoms with van der Waals surface area (Å²) in [5.41, 5.74) is 0. The van der Waals surface area contributed by atoms with Crippen LogP contribution < -0.4 is 4.74 Å². The van der Waals surface area contributed by atoms with Crippen molar-refractivity contribution < 1.29 is 9.53 Å². The van der Waals surface area contributed by atoms with Gasteiger partial charge in [-0.25, -0.2) is 0 Å². The first kappa shape index (κ1) is 19.6. The van der Waals surface area contributed by atoms with Crippen LogP contribution in [0.3, 0.4) is 0 Å². The number of amides is 1. The van der Waals surface area contributed by atoms with E-state index in [2.05, 4.69) is 21.7 Å². The second kappa shape index (κ2) is 8.74. The number of ether oxygens (including phenoxy) is 1. The smallest absolute Gasteiger partial charge is 0.233 e. The number of rotatable bonds is 7. The monoisotopic (exact) mass is 420 g/mol. The number of hydrogen-bond acceptors (Lipinski definition) is 5. The molecule has 4 rings (SSSR count). The number of carbonyl (C=O) groups excluding carboxylic acids is 1. The quantitative estimate of drug-likeness (QED) is 0.628. The number of likely N-dealkylation sites (tertiary alicyclic amines) is 1. The van der Waals surface area contributed by atoms with Crippen LogP contribution in [0.5, 0.6) is 5.75 Å². The summed E-state index contributed by atoms with van der Waals surface area (Å²) < 4.78 is 7.98. The van der Waals surface area contributed by atoms with Crippen molar-refractivity contribution in [2.75, 3.05) is 18.8 Å². The molecule has 1 aliphatic carbocycles. The minimum Gasteiger partial charge on any atom is -0.484 e. The second-order valence-electron chi connectivity index (χ2n) is 7.57. The van der Waals surface area contributed by atoms with E-state index in [0.717, 1.165) is 55.7 Å². The number of benzene rings is 1. The van der Waals surface area contributed by atoms with E-state index in [4.69, 9.17) is 16.3 Å². The van der Waals surface area contributed by atoms with Crippen molar-refractivity contribution in [3.63, 3.8) is 0 Å². The molecule has 0 unspecified atom stereocenters. The number of aromatic nitrogens is 3. The van der Waals surface area contributed by atoms with Crippen LogP contribution in [0.1, 0.15) is 44.5 Å². The minimum atomic E-state index is 0.191. The van der Waals surface area contributed by atoms with Gasteiger partial charge in [0, 0.05) is 19.1 Å². The van der Waals surface area contributed by atoms with Gasteiger partial charge in [0.05, 0.1) is 10.8 Å². The molecule has 1 aromatic heterocycles. The summed E-state index contributed by atoms with van der Waals surface area (Å²) in [5.74, 6) is 2.73. The summed E-state index contributed by atoms with van der Waals surface area (Å²) in [7, 11) is 0. The Morgan fingerprint density at radius 1 is 1.21 bits per heavy atom. The van der Waals surface area contributed by atoms with Crippen LogP contribution in [0.25, 0.3) is 0 Å². The third-order valence-electron chi connectivity index (χ3n) is 5.30. The molecular weight excluding hydrogens is 396 g/mol. The molecule has 0 radical (unpaired) electrons. The maximum atomic E-state index is 12.5. The van der Waals surface area contributed by atoms with Crippen LogP contribution in [-0.4, -0.2) is 44.4 Å². The molecule has 1 saturated carbocycles. The normalized spacial score (nSPS) is 17.7. The van der Waals surface area contributed by atoms with Gasteiger partial charge >= 0.3 is 0 Å². The van der Waals surface area contributed by atoms with Gasteiger partial charge in [0.1, 0.15) is 12.4 Å². The fourth-order valence-corrected chi connectivity index (χ4v) is 4.50. The molecule has 2 heterocycles. The largest absolute Gasteiger partial charge is 0.484 e. The van der Waals surface area contributed by atoms with Gasteiger partial charge in [-0.15, -0.1) is 10.2 Å². The number of halogens is 1. The van der Waals surface area contributed by atoms with E-state index in [1.54, 1.807) is 6.07 Å². The Balaban J connectivity index is 1.38. The van der Waals surface area contributed by atoms with E-state index in [1.807, 2.05) is 23.1 Å². The van der Waals surface area contributed by atoms with Crippen LogP contribution in [0, 0.1) is 5.92 Å². The maximum absolute atomic E-state index is 12.5. The third kappa shape index (κ3) is 4.63. The first-order chi connectivity index (χ1) is 13.6. The Hall–Kier alpha value is -1.73. The highest BCUT2D eigenvalue weighted by atomic mass is 35.5. The topological polar surface area (TPSA) is 60.3 Å². The summed E-state index contributed by atoms with van der Waals surface area (Å²) in [6.45, 7) is 4.30. The van der Waals surface area contributed by atoms with Gasteiger partial charge in [0.15, 0.2) is 11.0 Å². The Morgan fingerprint density at radius 2 is 1.96 bits per heavy atom. The average molecular weight is 421 g/mol. The van der Waals surface area contributed by atoms with Crippen LogP contribution in [0.4, 0.5) is 0 Å². The molecule has 0 atom stereocenters. The van der Waals surface area contributed by atoms with Crippen molar-refractivity contribution in [3.8, 4) is 5.75 Å². The van der Waals surface area contributed by atoms with Crippen molar-refractivity contribution in [3.05, 3.63) is 35.1 Å². The molecule has 1 saturated heterocycles. The lowest BCUT2D eigenvalue weighted by atomic mass is 9.99. The molecule has 2 fully saturated rings. The van der Waals surface area contributed by atoms with E-state index in [-0.39, 0.29) is 5.91 Å². The van der Waals surface area contributed by atoms with Gasteiger partial charge in [-0.2, -0.15) is 0 Å². The van der Waals surface area contributed by atoms with Crippen LogP contribution in [0.2, 0.25) is 5.02 Å². The lowest BCUT2D eigenvalue weighted by Gasteiger charge is -2.30. The van der Waals surface area contributed by atoms with E-state index in [1.165, 1.54) is 11.8 Å². The Kier molecular flexibility index (Phi) is 6.11. The number of hydrogen-bond donors (Lipinski definition) is 0. The Labute approximate surface area is 174 Å². The lowest BCUT2D eigenvalue weighted by molar-refractivity contribution is -0.129. The lowest BCUT2D eigenvalue weighted by Crippen LogP contribution is -2.38. The van der Waals surface area contributed by atoms with Gasteiger partial charge in [0.25, 0.3) is 0 Å². The number of carbonyl (C=O) groups is 1. The zero-order valence-electron chi connectivity index (χ0n) is 16.0. The first-order valence-electron chi connectivity index (χ1n) is 9.83. The fraction of sp³-hybridized carbons (Fsp3) is 0.550. The summed E-state index contributed by atoms with van der Waals surface area (Å²) in [6, 6.07) is 7.82. The minimum absolute atomic E-state index is 0.191. The van der Waals surface area contributed by atoms with Crippen molar-refractivity contribution >= 4 is 29.3 Å². The van der Waals surface area contributed by atoms with E-state index in [9.17, 15) is 4.79 Å². The highest BCUT2D eigenvalue weighted by Crippen LogP contribution is 2.39. The number of thioether (sulfide) groups is 1. The first-order valence-corrected chi connectivity index (χ1v) is 11.2. The molecule has 1 aromatic carbocycles. The van der Waals surface area contributed by atoms with E-state index in [0.29, 0.717) is 29.2 Å². The van der Waals surface area contributed by atoms with Gasteiger partial charge in [-0.05, 0) is 43.7 Å². The molecule has 6 nitrogen and oxygen atoms in total. The molecule has 0 spiro atoms.